The summed E-state index contributed by atoms with van der Waals surface area (Å²) in [5.74, 6) is 0.0142. The van der Waals surface area contributed by atoms with Gasteiger partial charge in [-0.2, -0.15) is 5.26 Å². The van der Waals surface area contributed by atoms with E-state index in [9.17, 15) is 5.26 Å². The van der Waals surface area contributed by atoms with Crippen molar-refractivity contribution in [3.63, 3.8) is 0 Å². The van der Waals surface area contributed by atoms with E-state index in [1.54, 1.807) is 19.2 Å². The van der Waals surface area contributed by atoms with Crippen LogP contribution in [-0.4, -0.2) is 17.3 Å². The zero-order valence-electron chi connectivity index (χ0n) is 11.8. The van der Waals surface area contributed by atoms with Crippen molar-refractivity contribution in [3.05, 3.63) is 57.6 Å². The molecule has 3 N–H and O–H groups in total. The zero-order valence-corrected chi connectivity index (χ0v) is 12.5. The molecule has 0 saturated heterocycles. The van der Waals surface area contributed by atoms with Gasteiger partial charge in [0.15, 0.2) is 0 Å². The molecule has 1 aromatic carbocycles. The van der Waals surface area contributed by atoms with Crippen molar-refractivity contribution >= 4 is 11.6 Å². The molecule has 0 fully saturated rings. The van der Waals surface area contributed by atoms with Crippen LogP contribution in [0.5, 0.6) is 5.88 Å². The number of nitriles is 1. The van der Waals surface area contributed by atoms with Crippen LogP contribution in [0.2, 0.25) is 5.02 Å². The van der Waals surface area contributed by atoms with Gasteiger partial charge in [0, 0.05) is 12.1 Å². The Morgan fingerprint density at radius 2 is 2.36 bits per heavy atom. The topological polar surface area (TPSA) is 97.0 Å². The van der Waals surface area contributed by atoms with Gasteiger partial charge in [-0.1, -0.05) is 23.7 Å². The Morgan fingerprint density at radius 3 is 3.05 bits per heavy atom. The summed E-state index contributed by atoms with van der Waals surface area (Å²) in [6, 6.07) is 9.42. The molecule has 0 spiro atoms. The molecule has 0 saturated carbocycles. The normalized spacial score (nSPS) is 16.9. The molecule has 112 valence electrons. The minimum atomic E-state index is -0.392. The Kier molecular flexibility index (Phi) is 3.75. The van der Waals surface area contributed by atoms with Gasteiger partial charge in [-0.15, -0.1) is 5.10 Å². The van der Waals surface area contributed by atoms with Gasteiger partial charge < -0.3 is 15.2 Å². The quantitative estimate of drug-likeness (QED) is 0.906. The van der Waals surface area contributed by atoms with E-state index >= 15 is 0 Å². The third-order valence-electron chi connectivity index (χ3n) is 3.49. The number of rotatable bonds is 3. The lowest BCUT2D eigenvalue weighted by molar-refractivity contribution is 0.180. The predicted octanol–water partition coefficient (Wildman–Crippen LogP) is 2.43. The molecule has 0 unspecified atom stereocenters. The molecule has 1 aromatic heterocycles. The SMILES string of the molecule is COCc1[nH]nc2c1[C@@H](c1cccc(Cl)c1)C(C#N)=C(N)O2. The smallest absolute Gasteiger partial charge is 0.244 e. The second-order valence-electron chi connectivity index (χ2n) is 4.83. The van der Waals surface area contributed by atoms with Crippen LogP contribution in [0.25, 0.3) is 0 Å². The minimum Gasteiger partial charge on any atom is -0.420 e. The van der Waals surface area contributed by atoms with Crippen LogP contribution in [0, 0.1) is 11.3 Å². The maximum absolute atomic E-state index is 9.48. The average Bonchev–Trinajstić information content (AvgIpc) is 2.88. The van der Waals surface area contributed by atoms with E-state index in [-0.39, 0.29) is 5.88 Å². The van der Waals surface area contributed by atoms with Gasteiger partial charge in [0.05, 0.1) is 23.8 Å². The van der Waals surface area contributed by atoms with Crippen molar-refractivity contribution in [1.29, 1.82) is 5.26 Å². The summed E-state index contributed by atoms with van der Waals surface area (Å²) in [7, 11) is 1.58. The molecule has 1 aliphatic heterocycles. The molecule has 2 aromatic rings. The number of hydrogen-bond donors (Lipinski definition) is 2. The van der Waals surface area contributed by atoms with Crippen LogP contribution < -0.4 is 10.5 Å². The first kappa shape index (κ1) is 14.4. The molecule has 0 bridgehead atoms. The average molecular weight is 317 g/mol. The molecule has 1 atom stereocenters. The van der Waals surface area contributed by atoms with Gasteiger partial charge in [0.25, 0.3) is 0 Å². The number of methoxy groups -OCH3 is 1. The Bertz CT molecular complexity index is 791. The molecule has 1 aliphatic rings. The number of fused-ring (bicyclic) bond motifs is 1. The highest BCUT2D eigenvalue weighted by Crippen LogP contribution is 2.43. The molecular weight excluding hydrogens is 304 g/mol. The fourth-order valence-electron chi connectivity index (χ4n) is 2.58. The monoisotopic (exact) mass is 316 g/mol. The second-order valence-corrected chi connectivity index (χ2v) is 5.27. The van der Waals surface area contributed by atoms with Gasteiger partial charge in [-0.3, -0.25) is 5.10 Å². The highest BCUT2D eigenvalue weighted by atomic mass is 35.5. The van der Waals surface area contributed by atoms with Gasteiger partial charge >= 0.3 is 0 Å². The first-order chi connectivity index (χ1) is 10.7. The summed E-state index contributed by atoms with van der Waals surface area (Å²) in [5.41, 5.74) is 8.52. The number of benzene rings is 1. The van der Waals surface area contributed by atoms with Crippen molar-refractivity contribution in [2.75, 3.05) is 7.11 Å². The molecular formula is C15H13ClN4O2. The number of halogens is 1. The van der Waals surface area contributed by atoms with E-state index in [0.29, 0.717) is 23.1 Å². The number of allylic oxidation sites excluding steroid dienone is 1. The van der Waals surface area contributed by atoms with Crippen LogP contribution >= 0.6 is 11.6 Å². The van der Waals surface area contributed by atoms with E-state index < -0.39 is 5.92 Å². The minimum absolute atomic E-state index is 0.0513. The third-order valence-corrected chi connectivity index (χ3v) is 3.72. The van der Waals surface area contributed by atoms with Crippen LogP contribution in [0.4, 0.5) is 0 Å². The summed E-state index contributed by atoms with van der Waals surface area (Å²) in [6.07, 6.45) is 0. The van der Waals surface area contributed by atoms with Crippen molar-refractivity contribution < 1.29 is 9.47 Å². The largest absolute Gasteiger partial charge is 0.420 e. The number of aromatic nitrogens is 2. The van der Waals surface area contributed by atoms with Gasteiger partial charge in [0.1, 0.15) is 11.6 Å². The van der Waals surface area contributed by atoms with E-state index in [2.05, 4.69) is 16.3 Å². The Hall–Kier alpha value is -2.49. The lowest BCUT2D eigenvalue weighted by Gasteiger charge is -2.24. The van der Waals surface area contributed by atoms with E-state index in [0.717, 1.165) is 16.8 Å². The van der Waals surface area contributed by atoms with Crippen LogP contribution in [0.3, 0.4) is 0 Å². The fraction of sp³-hybridized carbons (Fsp3) is 0.200. The number of nitrogens with zero attached hydrogens (tertiary/aromatic N) is 2. The first-order valence-electron chi connectivity index (χ1n) is 6.54. The van der Waals surface area contributed by atoms with Crippen LogP contribution in [0.1, 0.15) is 22.7 Å². The summed E-state index contributed by atoms with van der Waals surface area (Å²) in [6.45, 7) is 0.321. The van der Waals surface area contributed by atoms with Crippen molar-refractivity contribution in [2.45, 2.75) is 12.5 Å². The number of hydrogen-bond acceptors (Lipinski definition) is 5. The van der Waals surface area contributed by atoms with Crippen molar-refractivity contribution in [3.8, 4) is 11.9 Å². The third kappa shape index (κ3) is 2.30. The molecule has 0 aliphatic carbocycles. The maximum atomic E-state index is 9.48. The van der Waals surface area contributed by atoms with E-state index in [1.807, 2.05) is 12.1 Å². The van der Waals surface area contributed by atoms with Crippen LogP contribution in [0.15, 0.2) is 35.7 Å². The number of aromatic amines is 1. The van der Waals surface area contributed by atoms with E-state index in [1.165, 1.54) is 0 Å². The number of ether oxygens (including phenoxy) is 2. The lowest BCUT2D eigenvalue weighted by Crippen LogP contribution is -2.21. The maximum Gasteiger partial charge on any atom is 0.244 e. The number of nitrogens with two attached hydrogens (primary N) is 1. The Labute approximate surface area is 132 Å². The predicted molar refractivity (Wildman–Crippen MR) is 80.1 cm³/mol. The molecule has 2 heterocycles. The van der Waals surface area contributed by atoms with Crippen molar-refractivity contribution in [2.24, 2.45) is 5.73 Å². The van der Waals surface area contributed by atoms with Crippen LogP contribution in [-0.2, 0) is 11.3 Å². The fourth-order valence-corrected chi connectivity index (χ4v) is 2.78. The lowest BCUT2D eigenvalue weighted by atomic mass is 9.84. The number of H-pyrrole nitrogens is 1. The van der Waals surface area contributed by atoms with Crippen molar-refractivity contribution in [1.82, 2.24) is 10.2 Å². The molecule has 3 rings (SSSR count). The first-order valence-corrected chi connectivity index (χ1v) is 6.92. The summed E-state index contributed by atoms with van der Waals surface area (Å²) in [5, 5.41) is 17.0. The standard InChI is InChI=1S/C15H13ClN4O2/c1-21-7-11-13-12(8-3-2-4-9(16)5-8)10(6-17)14(18)22-15(13)20-19-11/h2-5,12H,7,18H2,1H3,(H,19,20)/t12-/m0/s1. The summed E-state index contributed by atoms with van der Waals surface area (Å²) < 4.78 is 10.6. The number of nitrogens with one attached hydrogen (secondary N) is 1. The molecule has 6 nitrogen and oxygen atoms in total. The highest BCUT2D eigenvalue weighted by molar-refractivity contribution is 6.30. The Morgan fingerprint density at radius 1 is 1.55 bits per heavy atom. The van der Waals surface area contributed by atoms with Gasteiger partial charge in [-0.05, 0) is 17.7 Å². The molecule has 0 radical (unpaired) electrons. The van der Waals surface area contributed by atoms with Gasteiger partial charge in [-0.25, -0.2) is 0 Å². The summed E-state index contributed by atoms with van der Waals surface area (Å²) in [4.78, 5) is 0. The highest BCUT2D eigenvalue weighted by Gasteiger charge is 2.35. The molecule has 7 heteroatoms. The second kappa shape index (κ2) is 5.72. The Balaban J connectivity index is 2.21. The summed E-state index contributed by atoms with van der Waals surface area (Å²) >= 11 is 6.08. The van der Waals surface area contributed by atoms with E-state index in [4.69, 9.17) is 26.8 Å². The molecule has 0 amide bonds. The zero-order chi connectivity index (χ0) is 15.7. The van der Waals surface area contributed by atoms with Gasteiger partial charge in [0.2, 0.25) is 11.8 Å². The molecule has 22 heavy (non-hydrogen) atoms.